The Balaban J connectivity index is 4.65. The van der Waals surface area contributed by atoms with Crippen LogP contribution in [0.2, 0.25) is 0 Å². The van der Waals surface area contributed by atoms with Crippen molar-refractivity contribution < 1.29 is 28.6 Å². The van der Waals surface area contributed by atoms with E-state index >= 15 is 0 Å². The fourth-order valence-electron chi connectivity index (χ4n) is 6.84. The lowest BCUT2D eigenvalue weighted by Gasteiger charge is -2.18. The van der Waals surface area contributed by atoms with E-state index in [0.29, 0.717) is 19.3 Å². The molecule has 0 rings (SSSR count). The van der Waals surface area contributed by atoms with Gasteiger partial charge in [-0.15, -0.1) is 0 Å². The largest absolute Gasteiger partial charge is 0.462 e. The second-order valence-electron chi connectivity index (χ2n) is 18.4. The van der Waals surface area contributed by atoms with E-state index in [1.165, 1.54) is 0 Å². The Morgan fingerprint density at radius 2 is 0.481 bits per heavy atom. The van der Waals surface area contributed by atoms with E-state index in [2.05, 4.69) is 240 Å². The van der Waals surface area contributed by atoms with Crippen LogP contribution in [0, 0.1) is 0 Å². The van der Waals surface area contributed by atoms with Crippen LogP contribution in [-0.2, 0) is 28.6 Å². The SMILES string of the molecule is CC/C=C\C/C=C\C/C=C\C/C=C\C/C=C\C/C=C\C/C=C\C/C=C\C/C=C\CCCC(=O)OCC(COC(=O)C/C=C\C/C=C\C/C=C\C/C=C\C/C=C\CC)OC(=O)CCC/C=C\C/C=C\C/C=C\C/C=C\C/C=C\CC. The van der Waals surface area contributed by atoms with Gasteiger partial charge < -0.3 is 14.2 Å². The second kappa shape index (κ2) is 64.0. The number of carbonyl (C=O) groups is 3. The Morgan fingerprint density at radius 3 is 0.747 bits per heavy atom. The van der Waals surface area contributed by atoms with Gasteiger partial charge in [0.25, 0.3) is 0 Å². The summed E-state index contributed by atoms with van der Waals surface area (Å²) in [6.45, 7) is 6.07. The fourth-order valence-corrected chi connectivity index (χ4v) is 6.84. The van der Waals surface area contributed by atoms with Crippen molar-refractivity contribution in [2.75, 3.05) is 13.2 Å². The third-order valence-corrected chi connectivity index (χ3v) is 11.2. The van der Waals surface area contributed by atoms with E-state index in [0.717, 1.165) is 128 Å². The van der Waals surface area contributed by atoms with Crippen LogP contribution in [0.25, 0.3) is 0 Å². The topological polar surface area (TPSA) is 78.9 Å². The zero-order valence-corrected chi connectivity index (χ0v) is 49.3. The molecule has 0 aromatic carbocycles. The van der Waals surface area contributed by atoms with Gasteiger partial charge in [0.1, 0.15) is 13.2 Å². The number of rotatable bonds is 50. The Hall–Kier alpha value is -6.53. The molecule has 0 saturated heterocycles. The number of esters is 3. The summed E-state index contributed by atoms with van der Waals surface area (Å²) in [7, 11) is 0. The van der Waals surface area contributed by atoms with Crippen molar-refractivity contribution in [1.29, 1.82) is 0 Å². The maximum Gasteiger partial charge on any atom is 0.309 e. The van der Waals surface area contributed by atoms with E-state index in [1.54, 1.807) is 6.08 Å². The molecule has 6 heteroatoms. The molecule has 79 heavy (non-hydrogen) atoms. The van der Waals surface area contributed by atoms with Gasteiger partial charge in [-0.1, -0.05) is 252 Å². The van der Waals surface area contributed by atoms with Gasteiger partial charge in [0.05, 0.1) is 6.42 Å². The molecule has 0 fully saturated rings. The second-order valence-corrected chi connectivity index (χ2v) is 18.4. The molecule has 0 amide bonds. The molecule has 0 radical (unpaired) electrons. The summed E-state index contributed by atoms with van der Waals surface area (Å²) >= 11 is 0. The third-order valence-electron chi connectivity index (χ3n) is 11.2. The molecule has 1 atom stereocenters. The van der Waals surface area contributed by atoms with Gasteiger partial charge in [0.15, 0.2) is 6.10 Å². The monoisotopic (exact) mass is 1080 g/mol. The molecule has 0 saturated carbocycles. The normalized spacial score (nSPS) is 13.8. The standard InChI is InChI=1S/C73H104O6/c1-4-7-10-13-16-19-22-25-28-30-31-32-33-34-35-36-37-38-39-40-41-43-45-48-51-54-57-60-63-66-72(75)78-69-70(68-77-71(74)65-62-59-56-53-50-47-44-27-24-21-18-15-12-9-6-3)79-73(76)67-64-61-58-55-52-49-46-42-29-26-23-20-17-14-11-8-5-2/h7-12,16-21,25-29,31-32,34-35,37-38,40-41,44-46,48-50,53-55,57-59,62,70H,4-6,13-15,22-24,30,33,36,39,42-43,47,51-52,56,60-61,63-69H2,1-3H3/b10-7-,11-8-,12-9-,19-16-,20-17-,21-18-,28-25-,29-26-,32-31-,35-34-,38-37-,41-40-,44-27-,48-45-,49-46-,53-50-,57-54-,58-55-,62-59-. The lowest BCUT2D eigenvalue weighted by molar-refractivity contribution is -0.166. The average Bonchev–Trinajstić information content (AvgIpc) is 3.45. The molecule has 1 unspecified atom stereocenters. The van der Waals surface area contributed by atoms with E-state index in [-0.39, 0.29) is 38.4 Å². The number of allylic oxidation sites excluding steroid dienone is 37. The lowest BCUT2D eigenvalue weighted by atomic mass is 10.2. The van der Waals surface area contributed by atoms with Crippen LogP contribution in [0.15, 0.2) is 231 Å². The number of unbranched alkanes of at least 4 members (excludes halogenated alkanes) is 2. The van der Waals surface area contributed by atoms with Crippen molar-refractivity contribution in [2.45, 2.75) is 194 Å². The highest BCUT2D eigenvalue weighted by atomic mass is 16.6. The van der Waals surface area contributed by atoms with Crippen LogP contribution < -0.4 is 0 Å². The molecule has 0 heterocycles. The molecule has 0 aliphatic rings. The highest BCUT2D eigenvalue weighted by molar-refractivity contribution is 5.72. The van der Waals surface area contributed by atoms with Crippen molar-refractivity contribution >= 4 is 17.9 Å². The Labute approximate surface area is 482 Å². The van der Waals surface area contributed by atoms with Crippen LogP contribution in [-0.4, -0.2) is 37.2 Å². The van der Waals surface area contributed by atoms with Gasteiger partial charge in [-0.2, -0.15) is 0 Å². The van der Waals surface area contributed by atoms with Gasteiger partial charge >= 0.3 is 17.9 Å². The van der Waals surface area contributed by atoms with Crippen LogP contribution in [0.3, 0.4) is 0 Å². The zero-order valence-electron chi connectivity index (χ0n) is 49.3. The average molecular weight is 1080 g/mol. The first-order valence-corrected chi connectivity index (χ1v) is 29.9. The minimum Gasteiger partial charge on any atom is -0.462 e. The van der Waals surface area contributed by atoms with Crippen molar-refractivity contribution in [3.63, 3.8) is 0 Å². The minimum absolute atomic E-state index is 0.0906. The number of hydrogen-bond donors (Lipinski definition) is 0. The van der Waals surface area contributed by atoms with Crippen LogP contribution in [0.5, 0.6) is 0 Å². The summed E-state index contributed by atoms with van der Waals surface area (Å²) in [4.78, 5) is 38.1. The number of ether oxygens (including phenoxy) is 3. The number of hydrogen-bond acceptors (Lipinski definition) is 6. The first kappa shape index (κ1) is 72.5. The minimum atomic E-state index is -0.888. The lowest BCUT2D eigenvalue weighted by Crippen LogP contribution is -2.30. The van der Waals surface area contributed by atoms with Crippen molar-refractivity contribution in [3.05, 3.63) is 231 Å². The smallest absolute Gasteiger partial charge is 0.309 e. The highest BCUT2D eigenvalue weighted by Gasteiger charge is 2.19. The summed E-state index contributed by atoms with van der Waals surface area (Å²) in [6, 6.07) is 0. The molecular weight excluding hydrogens is 973 g/mol. The zero-order chi connectivity index (χ0) is 57.1. The van der Waals surface area contributed by atoms with Gasteiger partial charge in [-0.3, -0.25) is 14.4 Å². The van der Waals surface area contributed by atoms with E-state index in [9.17, 15) is 14.4 Å². The molecule has 0 aliphatic heterocycles. The Morgan fingerprint density at radius 1 is 0.266 bits per heavy atom. The van der Waals surface area contributed by atoms with Crippen molar-refractivity contribution in [2.24, 2.45) is 0 Å². The molecule has 0 aliphatic carbocycles. The summed E-state index contributed by atoms with van der Waals surface area (Å²) in [5.41, 5.74) is 0. The van der Waals surface area contributed by atoms with Gasteiger partial charge in [-0.05, 0) is 148 Å². The molecule has 0 aromatic rings. The number of carbonyl (C=O) groups excluding carboxylic acids is 3. The Bertz CT molecular complexity index is 2060. The van der Waals surface area contributed by atoms with E-state index < -0.39 is 18.0 Å². The van der Waals surface area contributed by atoms with Crippen LogP contribution in [0.1, 0.15) is 188 Å². The molecule has 432 valence electrons. The van der Waals surface area contributed by atoms with E-state index in [4.69, 9.17) is 14.2 Å². The van der Waals surface area contributed by atoms with Crippen molar-refractivity contribution in [1.82, 2.24) is 0 Å². The molecule has 0 spiro atoms. The van der Waals surface area contributed by atoms with Crippen molar-refractivity contribution in [3.8, 4) is 0 Å². The highest BCUT2D eigenvalue weighted by Crippen LogP contribution is 2.08. The van der Waals surface area contributed by atoms with Gasteiger partial charge in [0, 0.05) is 12.8 Å². The van der Waals surface area contributed by atoms with Gasteiger partial charge in [0.2, 0.25) is 0 Å². The third kappa shape index (κ3) is 62.2. The quantitative estimate of drug-likeness (QED) is 0.0261. The molecular formula is C73H104O6. The first-order valence-electron chi connectivity index (χ1n) is 29.9. The molecule has 0 bridgehead atoms. The Kier molecular flexibility index (Phi) is 58.7. The molecule has 0 aromatic heterocycles. The fraction of sp³-hybridized carbons (Fsp3) is 0.438. The summed E-state index contributed by atoms with van der Waals surface area (Å²) in [5.74, 6) is -1.24. The summed E-state index contributed by atoms with van der Waals surface area (Å²) < 4.78 is 16.6. The summed E-state index contributed by atoms with van der Waals surface area (Å²) in [5, 5.41) is 0. The van der Waals surface area contributed by atoms with Crippen LogP contribution >= 0.6 is 0 Å². The van der Waals surface area contributed by atoms with Gasteiger partial charge in [-0.25, -0.2) is 0 Å². The first-order chi connectivity index (χ1) is 39.0. The van der Waals surface area contributed by atoms with Crippen LogP contribution in [0.4, 0.5) is 0 Å². The van der Waals surface area contributed by atoms with E-state index in [1.807, 2.05) is 6.08 Å². The predicted octanol–water partition coefficient (Wildman–Crippen LogP) is 20.8. The molecule has 0 N–H and O–H groups in total. The predicted molar refractivity (Wildman–Crippen MR) is 343 cm³/mol. The molecule has 6 nitrogen and oxygen atoms in total. The maximum atomic E-state index is 12.8. The maximum absolute atomic E-state index is 12.8. The summed E-state index contributed by atoms with van der Waals surface area (Å²) in [6.07, 6.45) is 102.